The molecule has 28 heavy (non-hydrogen) atoms. The molecule has 0 saturated heterocycles. The van der Waals surface area contributed by atoms with E-state index in [0.717, 1.165) is 11.3 Å². The molecule has 5 nitrogen and oxygen atoms in total. The van der Waals surface area contributed by atoms with Gasteiger partial charge >= 0.3 is 5.97 Å². The summed E-state index contributed by atoms with van der Waals surface area (Å²) in [5.41, 5.74) is 3.48. The number of hydrogen-bond donors (Lipinski definition) is 2. The maximum absolute atomic E-state index is 11.8. The number of carbonyl (C=O) groups is 1. The van der Waals surface area contributed by atoms with Crippen LogP contribution in [0.1, 0.15) is 52.7 Å². The lowest BCUT2D eigenvalue weighted by molar-refractivity contribution is 0.0697. The third-order valence-electron chi connectivity index (χ3n) is 6.89. The quantitative estimate of drug-likeness (QED) is 0.818. The summed E-state index contributed by atoms with van der Waals surface area (Å²) in [5, 5.41) is 22.0. The van der Waals surface area contributed by atoms with Crippen LogP contribution in [0, 0.1) is 29.1 Å². The molecular weight excluding hydrogens is 352 g/mol. The van der Waals surface area contributed by atoms with Crippen molar-refractivity contribution in [2.75, 3.05) is 11.9 Å². The third kappa shape index (κ3) is 2.56. The molecule has 2 aromatic carbocycles. The van der Waals surface area contributed by atoms with Crippen LogP contribution >= 0.6 is 0 Å². The number of fused-ring (bicyclic) bond motifs is 7. The number of aromatic carboxylic acids is 1. The average molecular weight is 374 g/mol. The van der Waals surface area contributed by atoms with E-state index in [1.165, 1.54) is 24.8 Å². The molecule has 3 aliphatic rings. The van der Waals surface area contributed by atoms with Crippen LogP contribution in [0.15, 0.2) is 42.5 Å². The number of nitrogens with zero attached hydrogens (tertiary/aromatic N) is 1. The molecule has 2 fully saturated rings. The highest BCUT2D eigenvalue weighted by Gasteiger charge is 2.54. The van der Waals surface area contributed by atoms with Crippen molar-refractivity contribution in [1.29, 1.82) is 5.26 Å². The van der Waals surface area contributed by atoms with Crippen LogP contribution in [-0.2, 0) is 0 Å². The second-order valence-corrected chi connectivity index (χ2v) is 8.15. The lowest BCUT2D eigenvalue weighted by Gasteiger charge is -2.44. The largest absolute Gasteiger partial charge is 0.479 e. The highest BCUT2D eigenvalue weighted by atomic mass is 16.5. The van der Waals surface area contributed by atoms with Crippen molar-refractivity contribution in [3.8, 4) is 11.8 Å². The van der Waals surface area contributed by atoms with Gasteiger partial charge in [0.25, 0.3) is 0 Å². The van der Waals surface area contributed by atoms with Gasteiger partial charge in [-0.2, -0.15) is 5.26 Å². The second kappa shape index (κ2) is 6.56. The van der Waals surface area contributed by atoms with Gasteiger partial charge in [0.05, 0.1) is 17.3 Å². The van der Waals surface area contributed by atoms with E-state index >= 15 is 0 Å². The molecule has 1 heterocycles. The Morgan fingerprint density at radius 3 is 2.71 bits per heavy atom. The fourth-order valence-corrected chi connectivity index (χ4v) is 5.91. The first-order valence-corrected chi connectivity index (χ1v) is 9.90. The molecule has 0 aromatic heterocycles. The lowest BCUT2D eigenvalue weighted by atomic mass is 9.67. The molecule has 2 bridgehead atoms. The van der Waals surface area contributed by atoms with Crippen LogP contribution < -0.4 is 10.1 Å². The summed E-state index contributed by atoms with van der Waals surface area (Å²) in [5.74, 6) is 2.04. The van der Waals surface area contributed by atoms with Crippen molar-refractivity contribution in [1.82, 2.24) is 0 Å². The maximum Gasteiger partial charge on any atom is 0.337 e. The Kier molecular flexibility index (Phi) is 4.01. The normalized spacial score (nSPS) is 29.3. The topological polar surface area (TPSA) is 82.3 Å². The molecule has 2 N–H and O–H groups in total. The van der Waals surface area contributed by atoms with Gasteiger partial charge < -0.3 is 15.2 Å². The number of benzene rings is 2. The first-order valence-electron chi connectivity index (χ1n) is 9.90. The predicted octanol–water partition coefficient (Wildman–Crippen LogP) is 4.58. The summed E-state index contributed by atoms with van der Waals surface area (Å²) in [6.45, 7) is 0.0326. The number of carboxylic acids is 1. The maximum atomic E-state index is 11.8. The van der Waals surface area contributed by atoms with Crippen LogP contribution in [-0.4, -0.2) is 17.7 Å². The number of anilines is 1. The number of para-hydroxylation sites is 1. The standard InChI is InChI=1S/C23H22N2O3/c24-10-11-28-16-8-6-13(7-9-16)21-20-15-5-4-14(12-15)19(20)17-2-1-3-18(23(26)27)22(17)25-21/h1-3,6-9,14-15,19-21,25H,4-5,11-12H2,(H,26,27)/t14-,15-,19+,20-,21-/m0/s1. The van der Waals surface area contributed by atoms with E-state index in [2.05, 4.69) is 11.4 Å². The van der Waals surface area contributed by atoms with Gasteiger partial charge in [0.2, 0.25) is 0 Å². The van der Waals surface area contributed by atoms with Crippen LogP contribution in [0.2, 0.25) is 0 Å². The van der Waals surface area contributed by atoms with Crippen molar-refractivity contribution < 1.29 is 14.6 Å². The molecule has 142 valence electrons. The Hall–Kier alpha value is -3.00. The zero-order chi connectivity index (χ0) is 19.3. The molecule has 2 aromatic rings. The highest BCUT2D eigenvalue weighted by molar-refractivity contribution is 5.95. The molecule has 0 amide bonds. The number of rotatable bonds is 4. The molecule has 5 rings (SSSR count). The molecular formula is C23H22N2O3. The summed E-state index contributed by atoms with van der Waals surface area (Å²) in [7, 11) is 0. The summed E-state index contributed by atoms with van der Waals surface area (Å²) < 4.78 is 5.38. The molecule has 0 spiro atoms. The van der Waals surface area contributed by atoms with Crippen LogP contribution in [0.4, 0.5) is 5.69 Å². The third-order valence-corrected chi connectivity index (χ3v) is 6.89. The lowest BCUT2D eigenvalue weighted by Crippen LogP contribution is -2.36. The Morgan fingerprint density at radius 1 is 1.18 bits per heavy atom. The number of carboxylic acid groups (broad SMARTS) is 1. The van der Waals surface area contributed by atoms with Gasteiger partial charge in [-0.25, -0.2) is 4.79 Å². The summed E-state index contributed by atoms with van der Waals surface area (Å²) in [6.07, 6.45) is 3.76. The van der Waals surface area contributed by atoms with Gasteiger partial charge in [0.15, 0.2) is 6.61 Å². The van der Waals surface area contributed by atoms with E-state index in [0.29, 0.717) is 35.0 Å². The van der Waals surface area contributed by atoms with E-state index in [1.807, 2.05) is 36.4 Å². The fraction of sp³-hybridized carbons (Fsp3) is 0.391. The van der Waals surface area contributed by atoms with Crippen molar-refractivity contribution >= 4 is 11.7 Å². The Balaban J connectivity index is 1.56. The average Bonchev–Trinajstić information content (AvgIpc) is 3.34. The van der Waals surface area contributed by atoms with E-state index in [9.17, 15) is 9.90 Å². The first-order chi connectivity index (χ1) is 13.7. The van der Waals surface area contributed by atoms with Gasteiger partial charge in [-0.15, -0.1) is 0 Å². The van der Waals surface area contributed by atoms with E-state index in [-0.39, 0.29) is 12.6 Å². The SMILES string of the molecule is N#CCOc1ccc([C@@H]2Nc3c(C(=O)O)cccc3[C@H]3[C@H]4CC[C@@H](C4)[C@@H]32)cc1. The minimum absolute atomic E-state index is 0.0326. The van der Waals surface area contributed by atoms with Crippen molar-refractivity contribution in [3.05, 3.63) is 59.2 Å². The fourth-order valence-electron chi connectivity index (χ4n) is 5.91. The smallest absolute Gasteiger partial charge is 0.337 e. The van der Waals surface area contributed by atoms with Gasteiger partial charge in [-0.3, -0.25) is 0 Å². The Labute approximate surface area is 163 Å². The Bertz CT molecular complexity index is 963. The van der Waals surface area contributed by atoms with Gasteiger partial charge in [-0.05, 0) is 72.3 Å². The summed E-state index contributed by atoms with van der Waals surface area (Å²) in [6, 6.07) is 15.6. The molecule has 5 heteroatoms. The van der Waals surface area contributed by atoms with Crippen LogP contribution in [0.25, 0.3) is 0 Å². The van der Waals surface area contributed by atoms with Gasteiger partial charge in [0, 0.05) is 0 Å². The molecule has 0 radical (unpaired) electrons. The van der Waals surface area contributed by atoms with E-state index < -0.39 is 5.97 Å². The number of nitriles is 1. The number of ether oxygens (including phenoxy) is 1. The van der Waals surface area contributed by atoms with Crippen molar-refractivity contribution in [3.63, 3.8) is 0 Å². The minimum atomic E-state index is -0.884. The van der Waals surface area contributed by atoms with Gasteiger partial charge in [-0.1, -0.05) is 24.3 Å². The zero-order valence-electron chi connectivity index (χ0n) is 15.5. The number of hydrogen-bond acceptors (Lipinski definition) is 4. The van der Waals surface area contributed by atoms with Crippen LogP contribution in [0.3, 0.4) is 0 Å². The van der Waals surface area contributed by atoms with E-state index in [1.54, 1.807) is 6.07 Å². The summed E-state index contributed by atoms with van der Waals surface area (Å²) >= 11 is 0. The molecule has 1 aliphatic heterocycles. The number of nitrogens with one attached hydrogen (secondary N) is 1. The van der Waals surface area contributed by atoms with Crippen molar-refractivity contribution in [2.24, 2.45) is 17.8 Å². The van der Waals surface area contributed by atoms with Crippen molar-refractivity contribution in [2.45, 2.75) is 31.2 Å². The monoisotopic (exact) mass is 374 g/mol. The van der Waals surface area contributed by atoms with Crippen LogP contribution in [0.5, 0.6) is 5.75 Å². The van der Waals surface area contributed by atoms with E-state index in [4.69, 9.17) is 10.00 Å². The highest BCUT2D eigenvalue weighted by Crippen LogP contribution is 2.64. The predicted molar refractivity (Wildman–Crippen MR) is 104 cm³/mol. The molecule has 2 saturated carbocycles. The first kappa shape index (κ1) is 17.1. The van der Waals surface area contributed by atoms with Gasteiger partial charge in [0.1, 0.15) is 11.8 Å². The minimum Gasteiger partial charge on any atom is -0.479 e. The summed E-state index contributed by atoms with van der Waals surface area (Å²) in [4.78, 5) is 11.8. The molecule has 2 aliphatic carbocycles. The second-order valence-electron chi connectivity index (χ2n) is 8.15. The zero-order valence-corrected chi connectivity index (χ0v) is 15.5. The Morgan fingerprint density at radius 2 is 1.96 bits per heavy atom. The molecule has 0 unspecified atom stereocenters. The molecule has 5 atom stereocenters.